The van der Waals surface area contributed by atoms with Gasteiger partial charge in [-0.15, -0.1) is 0 Å². The zero-order valence-electron chi connectivity index (χ0n) is 10.9. The van der Waals surface area contributed by atoms with Gasteiger partial charge in [-0.25, -0.2) is 0 Å². The van der Waals surface area contributed by atoms with E-state index >= 15 is 0 Å². The maximum Gasteiger partial charge on any atom is 0.222 e. The topological polar surface area (TPSA) is 47.3 Å². The summed E-state index contributed by atoms with van der Waals surface area (Å²) in [4.78, 5) is 16.0. The summed E-state index contributed by atoms with van der Waals surface area (Å²) in [7, 11) is 0. The summed E-state index contributed by atoms with van der Waals surface area (Å²) in [6, 6.07) is 10.4. The minimum absolute atomic E-state index is 0.307. The van der Waals surface area contributed by atoms with Gasteiger partial charge >= 0.3 is 0 Å². The molecule has 2 aliphatic heterocycles. The zero-order chi connectivity index (χ0) is 13.2. The number of nitriles is 1. The number of piperazine rings is 1. The van der Waals surface area contributed by atoms with E-state index in [2.05, 4.69) is 11.0 Å². The van der Waals surface area contributed by atoms with Crippen LogP contribution in [0.4, 0.5) is 0 Å². The van der Waals surface area contributed by atoms with Crippen molar-refractivity contribution < 1.29 is 4.79 Å². The summed E-state index contributed by atoms with van der Waals surface area (Å²) in [6.07, 6.45) is 1.68. The standard InChI is InChI=1S/C15H17N3O/c16-9-12-3-1-2-4-13(12)10-17-7-8-18-14(11-17)5-6-15(18)19/h1-4,14H,5-8,10-11H2. The average molecular weight is 255 g/mol. The molecule has 1 unspecified atom stereocenters. The van der Waals surface area contributed by atoms with Crippen LogP contribution in [0.1, 0.15) is 24.0 Å². The molecule has 4 heteroatoms. The zero-order valence-corrected chi connectivity index (χ0v) is 10.9. The van der Waals surface area contributed by atoms with Crippen LogP contribution in [0.3, 0.4) is 0 Å². The molecule has 3 rings (SSSR count). The van der Waals surface area contributed by atoms with E-state index in [1.165, 1.54) is 0 Å². The Balaban J connectivity index is 1.69. The maximum atomic E-state index is 11.6. The smallest absolute Gasteiger partial charge is 0.222 e. The van der Waals surface area contributed by atoms with E-state index in [9.17, 15) is 4.79 Å². The second-order valence-corrected chi connectivity index (χ2v) is 5.28. The number of rotatable bonds is 2. The Morgan fingerprint density at radius 3 is 3.00 bits per heavy atom. The molecule has 0 saturated carbocycles. The molecule has 2 heterocycles. The molecule has 2 saturated heterocycles. The molecular formula is C15H17N3O. The highest BCUT2D eigenvalue weighted by atomic mass is 16.2. The number of nitrogens with zero attached hydrogens (tertiary/aromatic N) is 3. The van der Waals surface area contributed by atoms with Crippen molar-refractivity contribution in [2.24, 2.45) is 0 Å². The second-order valence-electron chi connectivity index (χ2n) is 5.28. The van der Waals surface area contributed by atoms with E-state index in [4.69, 9.17) is 5.26 Å². The summed E-state index contributed by atoms with van der Waals surface area (Å²) >= 11 is 0. The lowest BCUT2D eigenvalue weighted by atomic mass is 10.1. The van der Waals surface area contributed by atoms with Gasteiger partial charge in [0.05, 0.1) is 11.6 Å². The Labute approximate surface area is 113 Å². The normalized spacial score (nSPS) is 23.2. The van der Waals surface area contributed by atoms with Crippen molar-refractivity contribution >= 4 is 5.91 Å². The van der Waals surface area contributed by atoms with Crippen molar-refractivity contribution in [1.29, 1.82) is 5.26 Å². The van der Waals surface area contributed by atoms with Crippen LogP contribution in [-0.2, 0) is 11.3 Å². The van der Waals surface area contributed by atoms with Crippen LogP contribution < -0.4 is 0 Å². The Bertz CT molecular complexity index is 534. The lowest BCUT2D eigenvalue weighted by molar-refractivity contribution is -0.130. The highest BCUT2D eigenvalue weighted by Crippen LogP contribution is 2.24. The molecule has 1 amide bonds. The van der Waals surface area contributed by atoms with Crippen LogP contribution in [0.5, 0.6) is 0 Å². The number of carbonyl (C=O) groups is 1. The Morgan fingerprint density at radius 2 is 2.16 bits per heavy atom. The van der Waals surface area contributed by atoms with E-state index < -0.39 is 0 Å². The largest absolute Gasteiger partial charge is 0.337 e. The lowest BCUT2D eigenvalue weighted by Crippen LogP contribution is -2.51. The molecule has 1 aromatic rings. The minimum Gasteiger partial charge on any atom is -0.337 e. The molecule has 0 bridgehead atoms. The van der Waals surface area contributed by atoms with Gasteiger partial charge in [-0.3, -0.25) is 9.69 Å². The first-order valence-corrected chi connectivity index (χ1v) is 6.78. The van der Waals surface area contributed by atoms with Crippen molar-refractivity contribution in [1.82, 2.24) is 9.80 Å². The SMILES string of the molecule is N#Cc1ccccc1CN1CCN2C(=O)CCC2C1. The Hall–Kier alpha value is -1.86. The molecule has 0 radical (unpaired) electrons. The van der Waals surface area contributed by atoms with Crippen LogP contribution in [0.15, 0.2) is 24.3 Å². The van der Waals surface area contributed by atoms with Gasteiger partial charge in [0, 0.05) is 38.6 Å². The van der Waals surface area contributed by atoms with E-state index in [0.717, 1.165) is 43.7 Å². The van der Waals surface area contributed by atoms with E-state index in [1.807, 2.05) is 29.2 Å². The molecule has 1 atom stereocenters. The number of amides is 1. The molecule has 0 spiro atoms. The summed E-state index contributed by atoms with van der Waals surface area (Å²) in [6.45, 7) is 3.48. The molecule has 0 aromatic heterocycles. The summed E-state index contributed by atoms with van der Waals surface area (Å²) in [5.74, 6) is 0.307. The second kappa shape index (κ2) is 5.02. The minimum atomic E-state index is 0.307. The van der Waals surface area contributed by atoms with E-state index in [0.29, 0.717) is 18.4 Å². The number of hydrogen-bond acceptors (Lipinski definition) is 3. The van der Waals surface area contributed by atoms with Gasteiger partial charge in [0.1, 0.15) is 0 Å². The van der Waals surface area contributed by atoms with Gasteiger partial charge in [-0.1, -0.05) is 18.2 Å². The number of carbonyl (C=O) groups excluding carboxylic acids is 1. The lowest BCUT2D eigenvalue weighted by Gasteiger charge is -2.37. The third-order valence-corrected chi connectivity index (χ3v) is 4.11. The van der Waals surface area contributed by atoms with Crippen LogP contribution >= 0.6 is 0 Å². The van der Waals surface area contributed by atoms with Crippen molar-refractivity contribution in [2.45, 2.75) is 25.4 Å². The van der Waals surface area contributed by atoms with Gasteiger partial charge in [0.2, 0.25) is 5.91 Å². The molecule has 4 nitrogen and oxygen atoms in total. The van der Waals surface area contributed by atoms with E-state index in [1.54, 1.807) is 0 Å². The van der Waals surface area contributed by atoms with Gasteiger partial charge in [-0.05, 0) is 18.1 Å². The van der Waals surface area contributed by atoms with E-state index in [-0.39, 0.29) is 0 Å². The first kappa shape index (κ1) is 12.2. The van der Waals surface area contributed by atoms with Crippen LogP contribution in [-0.4, -0.2) is 41.4 Å². The molecular weight excluding hydrogens is 238 g/mol. The third-order valence-electron chi connectivity index (χ3n) is 4.11. The predicted octanol–water partition coefficient (Wildman–Crippen LogP) is 1.36. The fourth-order valence-electron chi connectivity index (χ4n) is 3.08. The molecule has 2 fully saturated rings. The van der Waals surface area contributed by atoms with Gasteiger partial charge in [0.15, 0.2) is 0 Å². The molecule has 0 N–H and O–H groups in total. The Kier molecular flexibility index (Phi) is 3.22. The average Bonchev–Trinajstić information content (AvgIpc) is 2.81. The number of hydrogen-bond donors (Lipinski definition) is 0. The molecule has 1 aromatic carbocycles. The van der Waals surface area contributed by atoms with Crippen molar-refractivity contribution in [3.63, 3.8) is 0 Å². The van der Waals surface area contributed by atoms with Crippen LogP contribution in [0.2, 0.25) is 0 Å². The van der Waals surface area contributed by atoms with Gasteiger partial charge < -0.3 is 4.90 Å². The Morgan fingerprint density at radius 1 is 1.32 bits per heavy atom. The first-order chi connectivity index (χ1) is 9.28. The molecule has 98 valence electrons. The molecule has 19 heavy (non-hydrogen) atoms. The third kappa shape index (κ3) is 2.34. The summed E-state index contributed by atoms with van der Waals surface area (Å²) in [5.41, 5.74) is 1.84. The van der Waals surface area contributed by atoms with Crippen LogP contribution in [0.25, 0.3) is 0 Å². The number of benzene rings is 1. The first-order valence-electron chi connectivity index (χ1n) is 6.78. The van der Waals surface area contributed by atoms with Crippen LogP contribution in [0, 0.1) is 11.3 Å². The van der Waals surface area contributed by atoms with Crippen molar-refractivity contribution in [3.05, 3.63) is 35.4 Å². The van der Waals surface area contributed by atoms with Crippen molar-refractivity contribution in [2.75, 3.05) is 19.6 Å². The summed E-state index contributed by atoms with van der Waals surface area (Å²) in [5, 5.41) is 9.11. The summed E-state index contributed by atoms with van der Waals surface area (Å²) < 4.78 is 0. The van der Waals surface area contributed by atoms with Gasteiger partial charge in [-0.2, -0.15) is 5.26 Å². The number of fused-ring (bicyclic) bond motifs is 1. The van der Waals surface area contributed by atoms with Crippen molar-refractivity contribution in [3.8, 4) is 6.07 Å². The van der Waals surface area contributed by atoms with Gasteiger partial charge in [0.25, 0.3) is 0 Å². The quantitative estimate of drug-likeness (QED) is 0.801. The molecule has 0 aliphatic carbocycles. The highest BCUT2D eigenvalue weighted by Gasteiger charge is 2.35. The monoisotopic (exact) mass is 255 g/mol. The maximum absolute atomic E-state index is 11.6. The fourth-order valence-corrected chi connectivity index (χ4v) is 3.08. The highest BCUT2D eigenvalue weighted by molar-refractivity contribution is 5.78. The predicted molar refractivity (Wildman–Crippen MR) is 71.2 cm³/mol. The fraction of sp³-hybridized carbons (Fsp3) is 0.467. The molecule has 2 aliphatic rings.